The van der Waals surface area contributed by atoms with Crippen LogP contribution in [0.3, 0.4) is 0 Å². The Hall–Kier alpha value is 1.36. The highest BCUT2D eigenvalue weighted by Crippen LogP contribution is 1.66. The summed E-state index contributed by atoms with van der Waals surface area (Å²) in [5, 5.41) is 0. The van der Waals surface area contributed by atoms with Crippen LogP contribution in [0.4, 0.5) is 0 Å². The van der Waals surface area contributed by atoms with Crippen LogP contribution in [-0.2, 0) is 0 Å². The lowest BCUT2D eigenvalue weighted by Crippen LogP contribution is -1.36. The monoisotopic (exact) mass is 346 g/mol. The quantitative estimate of drug-likeness (QED) is 0.350. The van der Waals surface area contributed by atoms with Crippen molar-refractivity contribution < 1.29 is 1.43 Å². The molecule has 0 nitrogen and oxygen atoms in total. The van der Waals surface area contributed by atoms with Crippen LogP contribution in [0.25, 0.3) is 0 Å². The Kier molecular flexibility index (Phi) is 844. The molecule has 6 heteroatoms. The normalized spacial score (nSPS) is 2.81. The van der Waals surface area contributed by atoms with Crippen molar-refractivity contribution in [2.45, 2.75) is 42.0 Å². The first kappa shape index (κ1) is 66.5. The first-order chi connectivity index (χ1) is 5.33. The number of allylic oxidation sites excluding steroid dienone is 1. The Morgan fingerprint density at radius 1 is 1.12 bits per heavy atom. The van der Waals surface area contributed by atoms with E-state index in [0.29, 0.717) is 0 Å². The lowest BCUT2D eigenvalue weighted by Gasteiger charge is -1.57. The fourth-order valence-corrected chi connectivity index (χ4v) is 0. The highest BCUT2D eigenvalue weighted by molar-refractivity contribution is 7.93. The molecule has 0 radical (unpaired) electrons. The van der Waals surface area contributed by atoms with Crippen molar-refractivity contribution in [2.24, 2.45) is 0 Å². The SMILES string of the molecule is C.C.C=CCC.CC.CS.S.S.S.S=C=S.[HH]. The average Bonchev–Trinajstić information content (AvgIpc) is 2.12. The molecule has 0 aliphatic rings. The molecule has 0 saturated heterocycles. The minimum absolute atomic E-state index is 0. The second-order valence-corrected chi connectivity index (χ2v) is 1.45. The van der Waals surface area contributed by atoms with Gasteiger partial charge in [0.25, 0.3) is 0 Å². The Morgan fingerprint density at radius 3 is 1.19 bits per heavy atom. The van der Waals surface area contributed by atoms with Crippen molar-refractivity contribution in [2.75, 3.05) is 6.26 Å². The summed E-state index contributed by atoms with van der Waals surface area (Å²) >= 11 is 11.4. The van der Waals surface area contributed by atoms with Crippen molar-refractivity contribution in [1.29, 1.82) is 0 Å². The Bertz CT molecular complexity index is 75.2. The molecular weight excluding hydrogens is 313 g/mol. The molecule has 110 valence electrons. The standard InChI is InChI=1S/C4H8.C2H6.CS2.CH4S.2CH4.3H2S.H2/c1-3-4-2;1-2;2-1-3;1-2;;;;;;/h3H,1,4H2,2H3;1-2H3;;2H,1H3;2*1H4;3*1H2;1H. The van der Waals surface area contributed by atoms with Gasteiger partial charge in [-0.15, -0.1) is 6.58 Å². The highest BCUT2D eigenvalue weighted by Gasteiger charge is 1.45. The van der Waals surface area contributed by atoms with E-state index in [1.807, 2.05) is 24.2 Å². The average molecular weight is 347 g/mol. The molecule has 0 N–H and O–H groups in total. The van der Waals surface area contributed by atoms with E-state index in [2.05, 4.69) is 50.6 Å². The molecule has 0 aromatic heterocycles. The Balaban J connectivity index is -0.00000000444. The second-order valence-electron chi connectivity index (χ2n) is 0.780. The first-order valence-corrected chi connectivity index (χ1v) is 5.09. The van der Waals surface area contributed by atoms with E-state index < -0.39 is 0 Å². The fraction of sp³-hybridized carbons (Fsp3) is 0.700. The number of rotatable bonds is 1. The molecule has 0 spiro atoms. The van der Waals surface area contributed by atoms with Crippen molar-refractivity contribution in [3.8, 4) is 0 Å². The van der Waals surface area contributed by atoms with Crippen molar-refractivity contribution in [3.63, 3.8) is 0 Å². The van der Waals surface area contributed by atoms with Gasteiger partial charge in [0.1, 0.15) is 0 Å². The summed E-state index contributed by atoms with van der Waals surface area (Å²) in [5.74, 6) is 0. The van der Waals surface area contributed by atoms with E-state index in [0.717, 1.165) is 6.42 Å². The molecule has 0 bridgehead atoms. The van der Waals surface area contributed by atoms with Gasteiger partial charge in [-0.05, 0) is 37.1 Å². The summed E-state index contributed by atoms with van der Waals surface area (Å²) in [6.07, 6.45) is 4.65. The maximum absolute atomic E-state index is 3.96. The van der Waals surface area contributed by atoms with Gasteiger partial charge in [-0.25, -0.2) is 0 Å². The van der Waals surface area contributed by atoms with Crippen LogP contribution >= 0.6 is 77.6 Å². The van der Waals surface area contributed by atoms with E-state index in [1.165, 1.54) is 0 Å². The largest absolute Gasteiger partial charge is 0.197 e. The van der Waals surface area contributed by atoms with Gasteiger partial charge in [0.15, 0.2) is 0 Å². The van der Waals surface area contributed by atoms with Crippen LogP contribution in [0.5, 0.6) is 0 Å². The molecule has 0 heterocycles. The predicted octanol–water partition coefficient (Wildman–Crippen LogP) is 6.03. The van der Waals surface area contributed by atoms with Crippen LogP contribution in [0.15, 0.2) is 12.7 Å². The summed E-state index contributed by atoms with van der Waals surface area (Å²) in [6, 6.07) is 0. The Labute approximate surface area is 143 Å². The third-order valence-electron chi connectivity index (χ3n) is 0.289. The molecular formula is C10H34S6. The van der Waals surface area contributed by atoms with Crippen LogP contribution < -0.4 is 0 Å². The number of thiol groups is 1. The van der Waals surface area contributed by atoms with Gasteiger partial charge in [-0.3, -0.25) is 0 Å². The summed E-state index contributed by atoms with van der Waals surface area (Å²) in [5.41, 5.74) is 0. The summed E-state index contributed by atoms with van der Waals surface area (Å²) < 4.78 is 1.92. The third kappa shape index (κ3) is 569. The van der Waals surface area contributed by atoms with Gasteiger partial charge in [0.2, 0.25) is 0 Å². The Morgan fingerprint density at radius 2 is 1.19 bits per heavy atom. The van der Waals surface area contributed by atoms with Crippen LogP contribution in [0.2, 0.25) is 0 Å². The molecule has 0 amide bonds. The number of hydrogen-bond donors (Lipinski definition) is 1. The minimum Gasteiger partial charge on any atom is -0.197 e. The molecule has 0 unspecified atom stereocenters. The topological polar surface area (TPSA) is 0 Å². The maximum Gasteiger partial charge on any atom is 0.0297 e. The number of thiocarbonyl (C=S) groups is 2. The molecule has 0 aromatic carbocycles. The van der Waals surface area contributed by atoms with Crippen LogP contribution in [0, 0.1) is 0 Å². The van der Waals surface area contributed by atoms with Crippen LogP contribution in [0.1, 0.15) is 43.5 Å². The fourth-order valence-electron chi connectivity index (χ4n) is 0. The molecule has 0 atom stereocenters. The van der Waals surface area contributed by atoms with E-state index in [-0.39, 0.29) is 56.8 Å². The smallest absolute Gasteiger partial charge is 0.0297 e. The maximum atomic E-state index is 3.96. The zero-order chi connectivity index (χ0) is 10.1. The summed E-state index contributed by atoms with van der Waals surface area (Å²) in [6.45, 7) is 9.54. The molecule has 0 fully saturated rings. The van der Waals surface area contributed by atoms with E-state index in [1.54, 1.807) is 6.26 Å². The summed E-state index contributed by atoms with van der Waals surface area (Å²) in [4.78, 5) is 0. The van der Waals surface area contributed by atoms with Gasteiger partial charge in [0, 0.05) is 5.74 Å². The zero-order valence-electron chi connectivity index (χ0n) is 9.26. The molecule has 0 aliphatic carbocycles. The van der Waals surface area contributed by atoms with E-state index >= 15 is 0 Å². The molecule has 0 aliphatic heterocycles. The highest BCUT2D eigenvalue weighted by atomic mass is 32.1. The van der Waals surface area contributed by atoms with Gasteiger partial charge in [-0.2, -0.15) is 53.1 Å². The third-order valence-corrected chi connectivity index (χ3v) is 0.289. The van der Waals surface area contributed by atoms with Gasteiger partial charge < -0.3 is 0 Å². The van der Waals surface area contributed by atoms with Gasteiger partial charge >= 0.3 is 0 Å². The zero-order valence-corrected chi connectivity index (χ0v) is 14.8. The molecule has 16 heavy (non-hydrogen) atoms. The van der Waals surface area contributed by atoms with Crippen molar-refractivity contribution in [3.05, 3.63) is 12.7 Å². The minimum atomic E-state index is 0. The predicted molar refractivity (Wildman–Crippen MR) is 114 cm³/mol. The molecule has 0 aromatic rings. The number of hydrogen-bond acceptors (Lipinski definition) is 3. The second kappa shape index (κ2) is 203. The lowest BCUT2D eigenvalue weighted by molar-refractivity contribution is 1.23. The van der Waals surface area contributed by atoms with Crippen LogP contribution in [-0.4, -0.2) is 10.6 Å². The van der Waals surface area contributed by atoms with Gasteiger partial charge in [-0.1, -0.05) is 41.7 Å². The van der Waals surface area contributed by atoms with E-state index in [4.69, 9.17) is 0 Å². The lowest BCUT2D eigenvalue weighted by atomic mass is 10.5. The van der Waals surface area contributed by atoms with E-state index in [9.17, 15) is 0 Å². The molecule has 0 rings (SSSR count). The first-order valence-electron chi connectivity index (χ1n) is 3.38. The summed E-state index contributed by atoms with van der Waals surface area (Å²) in [7, 11) is 0. The van der Waals surface area contributed by atoms with Gasteiger partial charge in [0.05, 0.1) is 0 Å². The molecule has 0 saturated carbocycles. The van der Waals surface area contributed by atoms with Crippen molar-refractivity contribution in [1.82, 2.24) is 0 Å². The van der Waals surface area contributed by atoms with Crippen molar-refractivity contribution >= 4 is 81.9 Å².